The molecule has 13 nitrogen and oxygen atoms in total. The van der Waals surface area contributed by atoms with Gasteiger partial charge in [-0.3, -0.25) is 14.2 Å². The van der Waals surface area contributed by atoms with E-state index in [1.165, 1.54) is 15.9 Å². The molecule has 14 heteroatoms. The maximum Gasteiger partial charge on any atom is 0.409 e. The van der Waals surface area contributed by atoms with Crippen LogP contribution in [0.4, 0.5) is 10.5 Å². The van der Waals surface area contributed by atoms with Gasteiger partial charge in [0.25, 0.3) is 5.91 Å². The number of hydrogen-bond acceptors (Lipinski definition) is 9. The van der Waals surface area contributed by atoms with Crippen LogP contribution in [0.25, 0.3) is 11.3 Å². The predicted octanol–water partition coefficient (Wildman–Crippen LogP) is 2.43. The van der Waals surface area contributed by atoms with Gasteiger partial charge >= 0.3 is 13.7 Å². The molecular formula is C27H38N5O8P. The fourth-order valence-corrected chi connectivity index (χ4v) is 5.47. The zero-order chi connectivity index (χ0) is 29.8. The minimum absolute atomic E-state index is 0.0142. The van der Waals surface area contributed by atoms with Gasteiger partial charge < -0.3 is 39.3 Å². The highest BCUT2D eigenvalue weighted by Gasteiger charge is 2.36. The first-order valence-electron chi connectivity index (χ1n) is 13.5. The summed E-state index contributed by atoms with van der Waals surface area (Å²) in [6.07, 6.45) is -1.10. The number of nitrogens with zero attached hydrogens (tertiary/aromatic N) is 3. The lowest BCUT2D eigenvalue weighted by Crippen LogP contribution is -2.56. The van der Waals surface area contributed by atoms with Crippen molar-refractivity contribution in [2.75, 3.05) is 71.1 Å². The van der Waals surface area contributed by atoms with Crippen LogP contribution < -0.4 is 10.6 Å². The number of nitrogens with one attached hydrogen (secondary N) is 2. The van der Waals surface area contributed by atoms with E-state index in [4.69, 9.17) is 14.0 Å². The normalized spacial score (nSPS) is 15.5. The second kappa shape index (κ2) is 15.5. The predicted molar refractivity (Wildman–Crippen MR) is 153 cm³/mol. The maximum atomic E-state index is 13.5. The third kappa shape index (κ3) is 9.53. The molecule has 0 bridgehead atoms. The molecule has 1 aromatic carbocycles. The number of carbonyl (C=O) groups is 3. The molecule has 2 heterocycles. The van der Waals surface area contributed by atoms with E-state index >= 15 is 0 Å². The Balaban J connectivity index is 1.84. The van der Waals surface area contributed by atoms with Crippen LogP contribution >= 0.6 is 7.60 Å². The van der Waals surface area contributed by atoms with Crippen molar-refractivity contribution in [2.24, 2.45) is 0 Å². The van der Waals surface area contributed by atoms with Crippen molar-refractivity contribution in [3.63, 3.8) is 0 Å². The van der Waals surface area contributed by atoms with Crippen molar-refractivity contribution in [2.45, 2.75) is 19.9 Å². The number of amides is 3. The molecule has 3 N–H and O–H groups in total. The summed E-state index contributed by atoms with van der Waals surface area (Å²) >= 11 is 0. The second-order valence-corrected chi connectivity index (χ2v) is 11.1. The van der Waals surface area contributed by atoms with Crippen LogP contribution in [0.2, 0.25) is 0 Å². The lowest BCUT2D eigenvalue weighted by atomic mass is 10.1. The Labute approximate surface area is 239 Å². The molecule has 0 saturated carbocycles. The average Bonchev–Trinajstić information content (AvgIpc) is 2.97. The van der Waals surface area contributed by atoms with E-state index in [0.717, 1.165) is 5.56 Å². The molecule has 224 valence electrons. The summed E-state index contributed by atoms with van der Waals surface area (Å²) in [6.45, 7) is 5.17. The topological polar surface area (TPSA) is 160 Å². The Bertz CT molecular complexity index is 1220. The van der Waals surface area contributed by atoms with Crippen LogP contribution in [0.5, 0.6) is 0 Å². The smallest absolute Gasteiger partial charge is 0.409 e. The summed E-state index contributed by atoms with van der Waals surface area (Å²) in [4.78, 5) is 56.8. The molecule has 3 amide bonds. The summed E-state index contributed by atoms with van der Waals surface area (Å²) in [5.74, 6) is -1.26. The van der Waals surface area contributed by atoms with Crippen molar-refractivity contribution >= 4 is 31.2 Å². The van der Waals surface area contributed by atoms with Crippen LogP contribution in [0.1, 0.15) is 24.3 Å². The number of piperazine rings is 1. The molecule has 0 spiro atoms. The van der Waals surface area contributed by atoms with Gasteiger partial charge in [-0.1, -0.05) is 30.3 Å². The van der Waals surface area contributed by atoms with Gasteiger partial charge in [0.15, 0.2) is 0 Å². The molecule has 1 saturated heterocycles. The monoisotopic (exact) mass is 591 g/mol. The average molecular weight is 592 g/mol. The van der Waals surface area contributed by atoms with Gasteiger partial charge in [0.05, 0.1) is 31.7 Å². The number of benzene rings is 1. The summed E-state index contributed by atoms with van der Waals surface area (Å²) in [6, 6.07) is 11.3. The van der Waals surface area contributed by atoms with E-state index in [1.807, 2.05) is 30.3 Å². The fourth-order valence-electron chi connectivity index (χ4n) is 4.25. The molecule has 2 unspecified atom stereocenters. The number of rotatable bonds is 13. The molecule has 41 heavy (non-hydrogen) atoms. The SMILES string of the molecule is CCOC(=O)N1CCN(C(=O)C(CP(=O)(O)OCC)NC(=O)c2cc(NCCOC)cc(-c3ccccc3)n2)CC1. The largest absolute Gasteiger partial charge is 0.450 e. The highest BCUT2D eigenvalue weighted by atomic mass is 31.2. The zero-order valence-corrected chi connectivity index (χ0v) is 24.5. The van der Waals surface area contributed by atoms with E-state index in [-0.39, 0.29) is 45.1 Å². The molecule has 1 aromatic heterocycles. The van der Waals surface area contributed by atoms with Crippen LogP contribution in [0, 0.1) is 0 Å². The molecule has 1 aliphatic rings. The van der Waals surface area contributed by atoms with E-state index in [2.05, 4.69) is 15.6 Å². The van der Waals surface area contributed by atoms with E-state index in [1.54, 1.807) is 27.0 Å². The first-order chi connectivity index (χ1) is 19.7. The number of ether oxygens (including phenoxy) is 2. The van der Waals surface area contributed by atoms with Crippen LogP contribution in [-0.2, 0) is 23.4 Å². The van der Waals surface area contributed by atoms with E-state index in [0.29, 0.717) is 24.5 Å². The van der Waals surface area contributed by atoms with E-state index < -0.39 is 37.7 Å². The van der Waals surface area contributed by atoms with Gasteiger partial charge in [-0.05, 0) is 26.0 Å². The summed E-state index contributed by atoms with van der Waals surface area (Å²) in [5, 5.41) is 5.80. The number of anilines is 1. The lowest BCUT2D eigenvalue weighted by Gasteiger charge is -2.36. The maximum absolute atomic E-state index is 13.5. The van der Waals surface area contributed by atoms with Crippen molar-refractivity contribution in [3.8, 4) is 11.3 Å². The molecular weight excluding hydrogens is 553 g/mol. The van der Waals surface area contributed by atoms with Crippen LogP contribution in [0.15, 0.2) is 42.5 Å². The molecule has 2 atom stereocenters. The van der Waals surface area contributed by atoms with Crippen molar-refractivity contribution in [3.05, 3.63) is 48.2 Å². The standard InChI is InChI=1S/C27H38N5O8P/c1-4-39-27(35)32-14-12-31(13-15-32)26(34)24(19-41(36,37)40-5-2)30-25(33)23-18-21(28-11-16-38-3)17-22(29-23)20-9-7-6-8-10-20/h6-10,17-18,24H,4-5,11-16,19H2,1-3H3,(H,28,29)(H,30,33)(H,36,37). The molecule has 2 aromatic rings. The van der Waals surface area contributed by atoms with Gasteiger partial charge in [-0.15, -0.1) is 0 Å². The van der Waals surface area contributed by atoms with Crippen LogP contribution in [-0.4, -0.2) is 109 Å². The molecule has 1 aliphatic heterocycles. The minimum Gasteiger partial charge on any atom is -0.450 e. The first-order valence-corrected chi connectivity index (χ1v) is 15.2. The number of methoxy groups -OCH3 is 1. The van der Waals surface area contributed by atoms with Crippen molar-refractivity contribution in [1.29, 1.82) is 0 Å². The minimum atomic E-state index is -4.22. The molecule has 3 rings (SSSR count). The number of pyridine rings is 1. The zero-order valence-electron chi connectivity index (χ0n) is 23.6. The van der Waals surface area contributed by atoms with Gasteiger partial charge in [-0.2, -0.15) is 0 Å². The summed E-state index contributed by atoms with van der Waals surface area (Å²) in [5.41, 5.74) is 1.93. The molecule has 0 aliphatic carbocycles. The van der Waals surface area contributed by atoms with Crippen molar-refractivity contribution < 1.29 is 37.8 Å². The van der Waals surface area contributed by atoms with Gasteiger partial charge in [-0.25, -0.2) is 9.78 Å². The first kappa shape index (κ1) is 32.0. The summed E-state index contributed by atoms with van der Waals surface area (Å²) < 4.78 is 27.8. The highest BCUT2D eigenvalue weighted by Crippen LogP contribution is 2.42. The quantitative estimate of drug-likeness (QED) is 0.233. The third-order valence-electron chi connectivity index (χ3n) is 6.23. The molecule has 0 radical (unpaired) electrons. The fraction of sp³-hybridized carbons (Fsp3) is 0.481. The van der Waals surface area contributed by atoms with E-state index in [9.17, 15) is 23.8 Å². The Morgan fingerprint density at radius 1 is 1.05 bits per heavy atom. The Kier molecular flexibility index (Phi) is 12.1. The number of hydrogen-bond donors (Lipinski definition) is 3. The second-order valence-electron chi connectivity index (χ2n) is 9.19. The Morgan fingerprint density at radius 3 is 2.37 bits per heavy atom. The highest BCUT2D eigenvalue weighted by molar-refractivity contribution is 7.52. The van der Waals surface area contributed by atoms with Gasteiger partial charge in [0.2, 0.25) is 5.91 Å². The van der Waals surface area contributed by atoms with Gasteiger partial charge in [0.1, 0.15) is 11.7 Å². The van der Waals surface area contributed by atoms with Gasteiger partial charge in [0, 0.05) is 51.1 Å². The number of aromatic nitrogens is 1. The van der Waals surface area contributed by atoms with Crippen LogP contribution in [0.3, 0.4) is 0 Å². The van der Waals surface area contributed by atoms with Crippen molar-refractivity contribution in [1.82, 2.24) is 20.1 Å². The molecule has 1 fully saturated rings. The Morgan fingerprint density at radius 2 is 1.73 bits per heavy atom. The number of carbonyl (C=O) groups excluding carboxylic acids is 3. The third-order valence-corrected chi connectivity index (χ3v) is 7.72. The Hall–Kier alpha value is -3.51. The summed E-state index contributed by atoms with van der Waals surface area (Å²) in [7, 11) is -2.64. The lowest BCUT2D eigenvalue weighted by molar-refractivity contribution is -0.134.